The smallest absolute Gasteiger partial charge is 0.192 e. The lowest BCUT2D eigenvalue weighted by atomic mass is 10.4. The van der Waals surface area contributed by atoms with E-state index in [0.29, 0.717) is 0 Å². The first-order valence-electron chi connectivity index (χ1n) is 3.86. The van der Waals surface area contributed by atoms with Crippen LogP contribution in [-0.2, 0) is 0 Å². The first-order valence-corrected chi connectivity index (χ1v) is 4.68. The van der Waals surface area contributed by atoms with Crippen LogP contribution in [-0.4, -0.2) is 9.97 Å². The maximum absolute atomic E-state index is 4.07. The average Bonchev–Trinajstić information content (AvgIpc) is 2.21. The minimum Gasteiger partial charge on any atom is -0.230 e. The van der Waals surface area contributed by atoms with Crippen molar-refractivity contribution in [3.63, 3.8) is 0 Å². The number of benzene rings is 1. The molecule has 3 heteroatoms. The summed E-state index contributed by atoms with van der Waals surface area (Å²) >= 11 is 1.55. The SMILES string of the molecule is [c]1cnc(Sc2ccccc2)nc1. The summed E-state index contributed by atoms with van der Waals surface area (Å²) in [6.07, 6.45) is 3.25. The van der Waals surface area contributed by atoms with Crippen molar-refractivity contribution in [3.8, 4) is 0 Å². The van der Waals surface area contributed by atoms with Crippen LogP contribution in [0.5, 0.6) is 0 Å². The predicted octanol–water partition coefficient (Wildman–Crippen LogP) is 2.43. The molecule has 0 N–H and O–H groups in total. The molecular formula is C10H7N2S. The highest BCUT2D eigenvalue weighted by Gasteiger charge is 1.96. The quantitative estimate of drug-likeness (QED) is 0.675. The van der Waals surface area contributed by atoms with Crippen LogP contribution in [0.4, 0.5) is 0 Å². The summed E-state index contributed by atoms with van der Waals surface area (Å²) in [7, 11) is 0. The van der Waals surface area contributed by atoms with Gasteiger partial charge in [0.2, 0.25) is 0 Å². The Morgan fingerprint density at radius 3 is 2.38 bits per heavy atom. The Morgan fingerprint density at radius 1 is 1.00 bits per heavy atom. The average molecular weight is 187 g/mol. The van der Waals surface area contributed by atoms with E-state index >= 15 is 0 Å². The zero-order valence-corrected chi connectivity index (χ0v) is 7.66. The molecule has 63 valence electrons. The first kappa shape index (κ1) is 8.26. The van der Waals surface area contributed by atoms with Gasteiger partial charge >= 0.3 is 0 Å². The second-order valence-electron chi connectivity index (χ2n) is 2.38. The summed E-state index contributed by atoms with van der Waals surface area (Å²) in [5, 5.41) is 0.755. The van der Waals surface area contributed by atoms with Crippen molar-refractivity contribution in [2.75, 3.05) is 0 Å². The Morgan fingerprint density at radius 2 is 1.69 bits per heavy atom. The van der Waals surface area contributed by atoms with Gasteiger partial charge in [-0.3, -0.25) is 0 Å². The second-order valence-corrected chi connectivity index (χ2v) is 3.42. The van der Waals surface area contributed by atoms with Crippen LogP contribution in [0.15, 0.2) is 52.8 Å². The fourth-order valence-corrected chi connectivity index (χ4v) is 1.61. The molecule has 1 radical (unpaired) electrons. The van der Waals surface area contributed by atoms with Gasteiger partial charge in [-0.05, 0) is 23.9 Å². The molecule has 0 aliphatic heterocycles. The number of hydrogen-bond acceptors (Lipinski definition) is 3. The predicted molar refractivity (Wildman–Crippen MR) is 51.4 cm³/mol. The van der Waals surface area contributed by atoms with Gasteiger partial charge in [0.05, 0.1) is 0 Å². The normalized spacial score (nSPS) is 9.85. The molecule has 1 aromatic heterocycles. The molecule has 0 aliphatic rings. The fourth-order valence-electron chi connectivity index (χ4n) is 0.898. The molecule has 0 fully saturated rings. The van der Waals surface area contributed by atoms with Crippen LogP contribution in [0.2, 0.25) is 0 Å². The van der Waals surface area contributed by atoms with Crippen molar-refractivity contribution >= 4 is 11.8 Å². The molecule has 2 rings (SSSR count). The highest BCUT2D eigenvalue weighted by Crippen LogP contribution is 2.22. The van der Waals surface area contributed by atoms with E-state index in [-0.39, 0.29) is 0 Å². The lowest BCUT2D eigenvalue weighted by Gasteiger charge is -1.97. The number of aromatic nitrogens is 2. The van der Waals surface area contributed by atoms with Gasteiger partial charge in [0.1, 0.15) is 0 Å². The van der Waals surface area contributed by atoms with Crippen molar-refractivity contribution in [1.29, 1.82) is 0 Å². The van der Waals surface area contributed by atoms with Crippen LogP contribution >= 0.6 is 11.8 Å². The molecule has 0 saturated carbocycles. The van der Waals surface area contributed by atoms with Crippen molar-refractivity contribution in [3.05, 3.63) is 48.8 Å². The topological polar surface area (TPSA) is 25.8 Å². The maximum Gasteiger partial charge on any atom is 0.192 e. The Balaban J connectivity index is 2.16. The zero-order valence-electron chi connectivity index (χ0n) is 6.84. The van der Waals surface area contributed by atoms with Gasteiger partial charge in [0.25, 0.3) is 0 Å². The van der Waals surface area contributed by atoms with Gasteiger partial charge in [-0.2, -0.15) is 0 Å². The third-order valence-electron chi connectivity index (χ3n) is 1.45. The van der Waals surface area contributed by atoms with Crippen molar-refractivity contribution in [1.82, 2.24) is 9.97 Å². The zero-order chi connectivity index (χ0) is 8.93. The molecule has 2 nitrogen and oxygen atoms in total. The van der Waals surface area contributed by atoms with Gasteiger partial charge in [0, 0.05) is 23.4 Å². The lowest BCUT2D eigenvalue weighted by molar-refractivity contribution is 0.964. The van der Waals surface area contributed by atoms with E-state index in [0.717, 1.165) is 10.1 Å². The summed E-state index contributed by atoms with van der Waals surface area (Å²) in [6.45, 7) is 0. The van der Waals surface area contributed by atoms with E-state index in [9.17, 15) is 0 Å². The van der Waals surface area contributed by atoms with Crippen molar-refractivity contribution in [2.45, 2.75) is 10.1 Å². The third kappa shape index (κ3) is 2.29. The molecule has 0 saturated heterocycles. The highest BCUT2D eigenvalue weighted by molar-refractivity contribution is 7.99. The molecule has 0 aliphatic carbocycles. The van der Waals surface area contributed by atoms with Gasteiger partial charge in [0.15, 0.2) is 5.16 Å². The summed E-state index contributed by atoms with van der Waals surface area (Å²) in [4.78, 5) is 9.29. The molecule has 0 spiro atoms. The summed E-state index contributed by atoms with van der Waals surface area (Å²) in [5.74, 6) is 0. The summed E-state index contributed by atoms with van der Waals surface area (Å²) < 4.78 is 0. The summed E-state index contributed by atoms with van der Waals surface area (Å²) in [5.41, 5.74) is 0. The lowest BCUT2D eigenvalue weighted by Crippen LogP contribution is -1.82. The van der Waals surface area contributed by atoms with E-state index in [1.54, 1.807) is 24.2 Å². The Labute approximate surface area is 81.1 Å². The summed E-state index contributed by atoms with van der Waals surface area (Å²) in [6, 6.07) is 12.8. The standard InChI is InChI=1S/C10H7N2S/c1-2-5-9(6-3-1)13-10-11-7-4-8-12-10/h1-3,5-8H. The largest absolute Gasteiger partial charge is 0.230 e. The minimum atomic E-state index is 0.755. The Bertz CT molecular complexity index is 324. The molecular weight excluding hydrogens is 180 g/mol. The molecule has 2 aromatic rings. The van der Waals surface area contributed by atoms with Gasteiger partial charge < -0.3 is 0 Å². The maximum atomic E-state index is 4.07. The number of rotatable bonds is 2. The Hall–Kier alpha value is -1.35. The molecule has 0 bridgehead atoms. The van der Waals surface area contributed by atoms with Crippen LogP contribution in [0, 0.1) is 6.07 Å². The third-order valence-corrected chi connectivity index (χ3v) is 2.35. The van der Waals surface area contributed by atoms with Crippen LogP contribution < -0.4 is 0 Å². The Kier molecular flexibility index (Phi) is 2.57. The van der Waals surface area contributed by atoms with Crippen molar-refractivity contribution in [2.24, 2.45) is 0 Å². The molecule has 0 atom stereocenters. The monoisotopic (exact) mass is 187 g/mol. The molecule has 0 amide bonds. The van der Waals surface area contributed by atoms with Crippen molar-refractivity contribution < 1.29 is 0 Å². The van der Waals surface area contributed by atoms with Gasteiger partial charge in [-0.1, -0.05) is 18.2 Å². The number of nitrogens with zero attached hydrogens (tertiary/aromatic N) is 2. The second kappa shape index (κ2) is 4.05. The van der Waals surface area contributed by atoms with Gasteiger partial charge in [-0.25, -0.2) is 9.97 Å². The molecule has 1 heterocycles. The van der Waals surface area contributed by atoms with E-state index < -0.39 is 0 Å². The van der Waals surface area contributed by atoms with E-state index in [1.807, 2.05) is 30.3 Å². The highest BCUT2D eigenvalue weighted by atomic mass is 32.2. The van der Waals surface area contributed by atoms with E-state index in [4.69, 9.17) is 0 Å². The van der Waals surface area contributed by atoms with Crippen LogP contribution in [0.25, 0.3) is 0 Å². The minimum absolute atomic E-state index is 0.755. The van der Waals surface area contributed by atoms with E-state index in [1.165, 1.54) is 0 Å². The van der Waals surface area contributed by atoms with Crippen LogP contribution in [0.1, 0.15) is 0 Å². The molecule has 13 heavy (non-hydrogen) atoms. The molecule has 0 unspecified atom stereocenters. The first-order chi connectivity index (χ1) is 6.45. The van der Waals surface area contributed by atoms with E-state index in [2.05, 4.69) is 16.0 Å². The van der Waals surface area contributed by atoms with Gasteiger partial charge in [-0.15, -0.1) is 0 Å². The number of hydrogen-bond donors (Lipinski definition) is 0. The fraction of sp³-hybridized carbons (Fsp3) is 0. The molecule has 1 aromatic carbocycles. The van der Waals surface area contributed by atoms with Crippen LogP contribution in [0.3, 0.4) is 0 Å².